The Morgan fingerprint density at radius 1 is 1.05 bits per heavy atom. The van der Waals surface area contributed by atoms with Crippen molar-refractivity contribution in [3.8, 4) is 0 Å². The Morgan fingerprint density at radius 3 is 2.40 bits per heavy atom. The molecule has 2 fully saturated rings. The Hall–Kier alpha value is -0.410. The fourth-order valence-corrected chi connectivity index (χ4v) is 4.31. The molecule has 0 aromatic heterocycles. The van der Waals surface area contributed by atoms with Gasteiger partial charge in [0, 0.05) is 6.54 Å². The second-order valence-corrected chi connectivity index (χ2v) is 7.44. The summed E-state index contributed by atoms with van der Waals surface area (Å²) in [7, 11) is 0. The minimum Gasteiger partial charge on any atom is -0.299 e. The lowest BCUT2D eigenvalue weighted by Gasteiger charge is -2.44. The summed E-state index contributed by atoms with van der Waals surface area (Å²) < 4.78 is 13.8. The van der Waals surface area contributed by atoms with Crippen LogP contribution >= 0.6 is 15.9 Å². The third kappa shape index (κ3) is 3.25. The van der Waals surface area contributed by atoms with Crippen molar-refractivity contribution < 1.29 is 4.39 Å². The van der Waals surface area contributed by atoms with Crippen molar-refractivity contribution in [3.05, 3.63) is 34.1 Å². The smallest absolute Gasteiger partial charge is 0.137 e. The van der Waals surface area contributed by atoms with Gasteiger partial charge in [-0.25, -0.2) is 4.39 Å². The molecule has 1 aromatic rings. The van der Waals surface area contributed by atoms with Crippen molar-refractivity contribution in [2.24, 2.45) is 5.41 Å². The highest BCUT2D eigenvalue weighted by molar-refractivity contribution is 9.10. The van der Waals surface area contributed by atoms with Crippen molar-refractivity contribution in [2.75, 3.05) is 13.1 Å². The van der Waals surface area contributed by atoms with E-state index in [0.717, 1.165) is 6.54 Å². The molecule has 1 aromatic carbocycles. The van der Waals surface area contributed by atoms with Crippen LogP contribution in [-0.2, 0) is 6.54 Å². The van der Waals surface area contributed by atoms with Crippen molar-refractivity contribution in [3.63, 3.8) is 0 Å². The van der Waals surface area contributed by atoms with Crippen LogP contribution in [0.4, 0.5) is 4.39 Å². The lowest BCUT2D eigenvalue weighted by atomic mass is 9.68. The molecule has 1 heterocycles. The molecule has 20 heavy (non-hydrogen) atoms. The molecule has 1 saturated heterocycles. The number of hydrogen-bond donors (Lipinski definition) is 0. The van der Waals surface area contributed by atoms with E-state index in [1.54, 1.807) is 6.07 Å². The maximum atomic E-state index is 13.3. The first-order valence-electron chi connectivity index (χ1n) is 7.83. The number of likely N-dealkylation sites (tertiary alicyclic amines) is 1. The van der Waals surface area contributed by atoms with Gasteiger partial charge in [-0.05, 0) is 77.8 Å². The lowest BCUT2D eigenvalue weighted by molar-refractivity contribution is 0.0641. The van der Waals surface area contributed by atoms with Crippen LogP contribution in [-0.4, -0.2) is 18.0 Å². The molecule has 0 atom stereocenters. The highest BCUT2D eigenvalue weighted by Gasteiger charge is 2.35. The molecule has 1 aliphatic carbocycles. The van der Waals surface area contributed by atoms with Crippen LogP contribution in [0.25, 0.3) is 0 Å². The molecule has 1 spiro atoms. The van der Waals surface area contributed by atoms with E-state index < -0.39 is 0 Å². The van der Waals surface area contributed by atoms with Crippen LogP contribution in [0.15, 0.2) is 22.7 Å². The molecule has 3 heteroatoms. The fraction of sp³-hybridized carbons (Fsp3) is 0.647. The monoisotopic (exact) mass is 339 g/mol. The number of rotatable bonds is 2. The summed E-state index contributed by atoms with van der Waals surface area (Å²) >= 11 is 3.27. The summed E-state index contributed by atoms with van der Waals surface area (Å²) in [5.41, 5.74) is 1.87. The SMILES string of the molecule is Fc1ccc(CN2CCC3(CCCCC3)CC2)cc1Br. The zero-order valence-corrected chi connectivity index (χ0v) is 13.6. The van der Waals surface area contributed by atoms with Crippen molar-refractivity contribution in [1.82, 2.24) is 4.90 Å². The van der Waals surface area contributed by atoms with Crippen LogP contribution in [0.1, 0.15) is 50.5 Å². The molecule has 1 aliphatic heterocycles. The minimum atomic E-state index is -0.173. The number of nitrogens with zero attached hydrogens (tertiary/aromatic N) is 1. The lowest BCUT2D eigenvalue weighted by Crippen LogP contribution is -2.40. The second kappa shape index (κ2) is 6.15. The molecule has 1 saturated carbocycles. The van der Waals surface area contributed by atoms with Gasteiger partial charge in [0.1, 0.15) is 5.82 Å². The summed E-state index contributed by atoms with van der Waals surface area (Å²) in [5, 5.41) is 0. The van der Waals surface area contributed by atoms with Crippen LogP contribution in [0.3, 0.4) is 0 Å². The Labute approximate surface area is 129 Å². The Kier molecular flexibility index (Phi) is 4.46. The average molecular weight is 340 g/mol. The maximum absolute atomic E-state index is 13.3. The number of piperidine rings is 1. The molecule has 0 radical (unpaired) electrons. The molecule has 1 nitrogen and oxygen atoms in total. The van der Waals surface area contributed by atoms with Gasteiger partial charge in [0.15, 0.2) is 0 Å². The van der Waals surface area contributed by atoms with Crippen LogP contribution < -0.4 is 0 Å². The van der Waals surface area contributed by atoms with E-state index in [-0.39, 0.29) is 5.82 Å². The second-order valence-electron chi connectivity index (χ2n) is 6.59. The Balaban J connectivity index is 1.56. The van der Waals surface area contributed by atoms with Gasteiger partial charge in [-0.2, -0.15) is 0 Å². The molecule has 0 unspecified atom stereocenters. The van der Waals surface area contributed by atoms with E-state index in [1.807, 2.05) is 12.1 Å². The molecule has 0 N–H and O–H groups in total. The van der Waals surface area contributed by atoms with Gasteiger partial charge in [-0.1, -0.05) is 25.3 Å². The fourth-order valence-electron chi connectivity index (χ4n) is 3.88. The third-order valence-corrected chi connectivity index (χ3v) is 5.83. The van der Waals surface area contributed by atoms with E-state index in [4.69, 9.17) is 0 Å². The summed E-state index contributed by atoms with van der Waals surface area (Å²) in [5.74, 6) is -0.173. The van der Waals surface area contributed by atoms with E-state index >= 15 is 0 Å². The minimum absolute atomic E-state index is 0.173. The molecule has 3 rings (SSSR count). The first kappa shape index (κ1) is 14.5. The summed E-state index contributed by atoms with van der Waals surface area (Å²) in [4.78, 5) is 2.53. The summed E-state index contributed by atoms with van der Waals surface area (Å²) in [6, 6.07) is 5.39. The third-order valence-electron chi connectivity index (χ3n) is 5.22. The zero-order valence-electron chi connectivity index (χ0n) is 12.0. The predicted octanol–water partition coefficient (Wildman–Crippen LogP) is 5.13. The van der Waals surface area contributed by atoms with Gasteiger partial charge >= 0.3 is 0 Å². The van der Waals surface area contributed by atoms with Gasteiger partial charge in [0.2, 0.25) is 0 Å². The normalized spacial score (nSPS) is 23.1. The van der Waals surface area contributed by atoms with E-state index in [9.17, 15) is 4.39 Å². The van der Waals surface area contributed by atoms with E-state index in [0.29, 0.717) is 9.89 Å². The van der Waals surface area contributed by atoms with Gasteiger partial charge in [0.25, 0.3) is 0 Å². The number of hydrogen-bond acceptors (Lipinski definition) is 1. The quantitative estimate of drug-likeness (QED) is 0.721. The number of halogens is 2. The van der Waals surface area contributed by atoms with Gasteiger partial charge in [-0.3, -0.25) is 4.90 Å². The predicted molar refractivity (Wildman–Crippen MR) is 84.1 cm³/mol. The van der Waals surface area contributed by atoms with Gasteiger partial charge in [0.05, 0.1) is 4.47 Å². The highest BCUT2D eigenvalue weighted by atomic mass is 79.9. The molecular weight excluding hydrogens is 317 g/mol. The molecule has 110 valence electrons. The van der Waals surface area contributed by atoms with E-state index in [2.05, 4.69) is 20.8 Å². The van der Waals surface area contributed by atoms with Crippen molar-refractivity contribution >= 4 is 15.9 Å². The standard InChI is InChI=1S/C17H23BrFN/c18-15-12-14(4-5-16(15)19)13-20-10-8-17(9-11-20)6-2-1-3-7-17/h4-5,12H,1-3,6-11,13H2. The number of benzene rings is 1. The molecular formula is C17H23BrFN. The topological polar surface area (TPSA) is 3.24 Å². The first-order chi connectivity index (χ1) is 9.67. The average Bonchev–Trinajstić information content (AvgIpc) is 2.47. The zero-order chi connectivity index (χ0) is 14.0. The van der Waals surface area contributed by atoms with Crippen LogP contribution in [0, 0.1) is 11.2 Å². The summed E-state index contributed by atoms with van der Waals surface area (Å²) in [6.07, 6.45) is 9.92. The van der Waals surface area contributed by atoms with Crippen molar-refractivity contribution in [1.29, 1.82) is 0 Å². The van der Waals surface area contributed by atoms with E-state index in [1.165, 1.54) is 63.6 Å². The summed E-state index contributed by atoms with van der Waals surface area (Å²) in [6.45, 7) is 3.36. The molecule has 2 aliphatic rings. The Morgan fingerprint density at radius 2 is 1.75 bits per heavy atom. The van der Waals surface area contributed by atoms with Crippen LogP contribution in [0.2, 0.25) is 0 Å². The maximum Gasteiger partial charge on any atom is 0.137 e. The molecule has 0 bridgehead atoms. The Bertz CT molecular complexity index is 458. The van der Waals surface area contributed by atoms with Gasteiger partial charge in [-0.15, -0.1) is 0 Å². The largest absolute Gasteiger partial charge is 0.299 e. The molecule has 0 amide bonds. The first-order valence-corrected chi connectivity index (χ1v) is 8.63. The van der Waals surface area contributed by atoms with Gasteiger partial charge < -0.3 is 0 Å². The van der Waals surface area contributed by atoms with Crippen molar-refractivity contribution in [2.45, 2.75) is 51.5 Å². The van der Waals surface area contributed by atoms with Crippen LogP contribution in [0.5, 0.6) is 0 Å². The highest BCUT2D eigenvalue weighted by Crippen LogP contribution is 2.44.